The molecule has 1 aromatic carbocycles. The Morgan fingerprint density at radius 3 is 2.05 bits per heavy atom. The van der Waals surface area contributed by atoms with Crippen LogP contribution in [0, 0.1) is 75.4 Å². The second kappa shape index (κ2) is 11.6. The molecule has 0 aromatic heterocycles. The maximum atomic E-state index is 14.7. The maximum Gasteiger partial charge on any atom is 0.225 e. The van der Waals surface area contributed by atoms with E-state index in [0.29, 0.717) is 53.8 Å². The standard InChI is InChI=1S/C36H49F5OSi/c1-20(2)21(3)9-10-22(4)26-13-14-27-25-12-11-23-19-24(15-17-35(23,5)28(25)16-18-36(26,27)6)42-43(7,8)34-32(40)30(38)29(37)31(39)33(34)41/h9-12,20-22,24,26-28H,13-19H2,1-8H3. The molecule has 238 valence electrons. The van der Waals surface area contributed by atoms with E-state index in [1.54, 1.807) is 5.57 Å². The molecule has 0 radical (unpaired) electrons. The first-order chi connectivity index (χ1) is 20.0. The minimum absolute atomic E-state index is 0.00212. The quantitative estimate of drug-likeness (QED) is 0.0969. The largest absolute Gasteiger partial charge is 0.409 e. The van der Waals surface area contributed by atoms with E-state index in [-0.39, 0.29) is 11.5 Å². The van der Waals surface area contributed by atoms with E-state index in [4.69, 9.17) is 4.43 Å². The molecule has 0 aliphatic heterocycles. The van der Waals surface area contributed by atoms with Crippen LogP contribution < -0.4 is 5.19 Å². The molecule has 5 rings (SSSR count). The van der Waals surface area contributed by atoms with E-state index >= 15 is 0 Å². The van der Waals surface area contributed by atoms with Crippen molar-refractivity contribution >= 4 is 13.5 Å². The van der Waals surface area contributed by atoms with Crippen molar-refractivity contribution in [3.8, 4) is 0 Å². The highest BCUT2D eigenvalue weighted by Gasteiger charge is 2.57. The zero-order valence-electron chi connectivity index (χ0n) is 27.1. The lowest BCUT2D eigenvalue weighted by atomic mass is 9.50. The molecule has 8 unspecified atom stereocenters. The topological polar surface area (TPSA) is 9.23 Å². The van der Waals surface area contributed by atoms with Crippen LogP contribution in [-0.2, 0) is 4.43 Å². The summed E-state index contributed by atoms with van der Waals surface area (Å²) in [6, 6.07) is 0. The predicted molar refractivity (Wildman–Crippen MR) is 166 cm³/mol. The van der Waals surface area contributed by atoms with E-state index in [0.717, 1.165) is 12.8 Å². The molecular formula is C36H49F5OSi. The third kappa shape index (κ3) is 5.42. The maximum absolute atomic E-state index is 14.7. The van der Waals surface area contributed by atoms with Gasteiger partial charge in [0.15, 0.2) is 23.3 Å². The highest BCUT2D eigenvalue weighted by molar-refractivity contribution is 6.84. The summed E-state index contributed by atoms with van der Waals surface area (Å²) < 4.78 is 77.5. The van der Waals surface area contributed by atoms with E-state index in [1.807, 2.05) is 0 Å². The summed E-state index contributed by atoms with van der Waals surface area (Å²) >= 11 is 0. The van der Waals surface area contributed by atoms with Crippen molar-refractivity contribution in [3.05, 3.63) is 64.5 Å². The molecule has 0 spiro atoms. The van der Waals surface area contributed by atoms with E-state index < -0.39 is 42.6 Å². The number of hydrogen-bond acceptors (Lipinski definition) is 1. The van der Waals surface area contributed by atoms with Gasteiger partial charge >= 0.3 is 0 Å². The van der Waals surface area contributed by atoms with Gasteiger partial charge in [0, 0.05) is 11.3 Å². The Bertz CT molecular complexity index is 1320. The number of hydrogen-bond donors (Lipinski definition) is 0. The lowest BCUT2D eigenvalue weighted by Gasteiger charge is -2.55. The second-order valence-corrected chi connectivity index (χ2v) is 19.2. The third-order valence-electron chi connectivity index (χ3n) is 12.3. The van der Waals surface area contributed by atoms with Gasteiger partial charge in [-0.3, -0.25) is 0 Å². The monoisotopic (exact) mass is 620 g/mol. The molecule has 4 aliphatic rings. The van der Waals surface area contributed by atoms with E-state index in [2.05, 4.69) is 65.8 Å². The Morgan fingerprint density at radius 1 is 0.791 bits per heavy atom. The molecule has 0 bridgehead atoms. The molecule has 0 amide bonds. The van der Waals surface area contributed by atoms with Gasteiger partial charge in [0.1, 0.15) is 0 Å². The number of allylic oxidation sites excluding steroid dienone is 5. The summed E-state index contributed by atoms with van der Waals surface area (Å²) in [6.07, 6.45) is 16.2. The van der Waals surface area contributed by atoms with Crippen molar-refractivity contribution in [1.82, 2.24) is 0 Å². The summed E-state index contributed by atoms with van der Waals surface area (Å²) in [4.78, 5) is 0. The zero-order valence-corrected chi connectivity index (χ0v) is 28.1. The summed E-state index contributed by atoms with van der Waals surface area (Å²) in [5.74, 6) is -5.97. The Morgan fingerprint density at radius 2 is 1.42 bits per heavy atom. The lowest BCUT2D eigenvalue weighted by molar-refractivity contribution is 0.0419. The van der Waals surface area contributed by atoms with Crippen LogP contribution in [0.5, 0.6) is 0 Å². The van der Waals surface area contributed by atoms with Gasteiger partial charge in [-0.15, -0.1) is 0 Å². The molecule has 7 heteroatoms. The molecular weight excluding hydrogens is 571 g/mol. The molecule has 1 nitrogen and oxygen atoms in total. The first-order valence-electron chi connectivity index (χ1n) is 16.3. The average molecular weight is 621 g/mol. The lowest BCUT2D eigenvalue weighted by Crippen LogP contribution is -2.53. The van der Waals surface area contributed by atoms with Gasteiger partial charge in [0.05, 0.1) is 0 Å². The SMILES string of the molecule is CC(C)C(C)C=CC(C)C1CCC2C3=CC=C4CC(O[Si](C)(C)c5c(F)c(F)c(F)c(F)c5F)CCC4(C)C3CCC21C. The highest BCUT2D eigenvalue weighted by atomic mass is 28.4. The first kappa shape index (κ1) is 32.7. The molecule has 3 saturated carbocycles. The second-order valence-electron chi connectivity index (χ2n) is 15.4. The molecule has 4 aliphatic carbocycles. The van der Waals surface area contributed by atoms with Gasteiger partial charge in [-0.25, -0.2) is 22.0 Å². The molecule has 3 fully saturated rings. The van der Waals surface area contributed by atoms with Crippen molar-refractivity contribution in [2.75, 3.05) is 0 Å². The normalized spacial score (nSPS) is 34.0. The van der Waals surface area contributed by atoms with Crippen LogP contribution in [0.1, 0.15) is 86.5 Å². The van der Waals surface area contributed by atoms with E-state index in [1.165, 1.54) is 37.9 Å². The van der Waals surface area contributed by atoms with Gasteiger partial charge < -0.3 is 4.43 Å². The number of halogens is 5. The van der Waals surface area contributed by atoms with Crippen molar-refractivity contribution in [2.45, 2.75) is 106 Å². The summed E-state index contributed by atoms with van der Waals surface area (Å²) in [5.41, 5.74) is 3.18. The summed E-state index contributed by atoms with van der Waals surface area (Å²) in [7, 11) is -3.47. The van der Waals surface area contributed by atoms with Crippen LogP contribution >= 0.6 is 0 Å². The highest BCUT2D eigenvalue weighted by Crippen LogP contribution is 2.66. The van der Waals surface area contributed by atoms with Crippen molar-refractivity contribution in [3.63, 3.8) is 0 Å². The molecule has 43 heavy (non-hydrogen) atoms. The van der Waals surface area contributed by atoms with Gasteiger partial charge in [-0.2, -0.15) is 0 Å². The fraction of sp³-hybridized carbons (Fsp3) is 0.667. The van der Waals surface area contributed by atoms with Crippen LogP contribution in [0.15, 0.2) is 35.5 Å². The number of benzene rings is 1. The number of fused-ring (bicyclic) bond motifs is 5. The van der Waals surface area contributed by atoms with Gasteiger partial charge in [0.25, 0.3) is 0 Å². The van der Waals surface area contributed by atoms with Crippen LogP contribution in [0.2, 0.25) is 13.1 Å². The van der Waals surface area contributed by atoms with Crippen LogP contribution in [0.25, 0.3) is 0 Å². The van der Waals surface area contributed by atoms with Crippen molar-refractivity contribution in [1.29, 1.82) is 0 Å². The molecule has 0 heterocycles. The Kier molecular flexibility index (Phi) is 8.78. The van der Waals surface area contributed by atoms with Crippen molar-refractivity contribution < 1.29 is 26.4 Å². The van der Waals surface area contributed by atoms with Crippen LogP contribution in [0.4, 0.5) is 22.0 Å². The number of rotatable bonds is 7. The van der Waals surface area contributed by atoms with Gasteiger partial charge in [0.2, 0.25) is 14.1 Å². The van der Waals surface area contributed by atoms with Crippen molar-refractivity contribution in [2.24, 2.45) is 46.3 Å². The fourth-order valence-electron chi connectivity index (χ4n) is 9.29. The van der Waals surface area contributed by atoms with E-state index in [9.17, 15) is 22.0 Å². The summed E-state index contributed by atoms with van der Waals surface area (Å²) in [5, 5.41) is -0.776. The minimum Gasteiger partial charge on any atom is -0.409 e. The third-order valence-corrected chi connectivity index (χ3v) is 14.8. The Labute approximate surface area is 256 Å². The van der Waals surface area contributed by atoms with Gasteiger partial charge in [-0.05, 0) is 104 Å². The average Bonchev–Trinajstić information content (AvgIpc) is 3.30. The zero-order chi connectivity index (χ0) is 31.6. The Hall–Kier alpha value is -1.73. The van der Waals surface area contributed by atoms with Crippen LogP contribution in [-0.4, -0.2) is 14.4 Å². The van der Waals surface area contributed by atoms with Gasteiger partial charge in [-0.1, -0.05) is 77.0 Å². The molecule has 8 atom stereocenters. The fourth-order valence-corrected chi connectivity index (χ4v) is 11.7. The predicted octanol–water partition coefficient (Wildman–Crippen LogP) is 10.2. The molecule has 1 aromatic rings. The molecule has 0 saturated heterocycles. The first-order valence-corrected chi connectivity index (χ1v) is 19.2. The summed E-state index contributed by atoms with van der Waals surface area (Å²) in [6.45, 7) is 17.2. The molecule has 0 N–H and O–H groups in total. The minimum atomic E-state index is -3.47. The Balaban J connectivity index is 1.35. The smallest absolute Gasteiger partial charge is 0.225 e. The van der Waals surface area contributed by atoms with Crippen LogP contribution in [0.3, 0.4) is 0 Å².